The van der Waals surface area contributed by atoms with Crippen LogP contribution in [0, 0.1) is 0 Å². The molecule has 1 rings (SSSR count). The lowest BCUT2D eigenvalue weighted by molar-refractivity contribution is 0.0675. The highest BCUT2D eigenvalue weighted by atomic mass is 31.2. The number of rotatable bonds is 2. The molecular formula is C15H23O5P. The van der Waals surface area contributed by atoms with E-state index in [0.717, 1.165) is 5.56 Å². The Kier molecular flexibility index (Phi) is 4.74. The molecular weight excluding hydrogens is 291 g/mol. The van der Waals surface area contributed by atoms with Crippen LogP contribution in [0.5, 0.6) is 0 Å². The van der Waals surface area contributed by atoms with E-state index in [2.05, 4.69) is 25.3 Å². The Bertz CT molecular complexity index is 587. The summed E-state index contributed by atoms with van der Waals surface area (Å²) in [5.41, 5.74) is 1.48. The Morgan fingerprint density at radius 1 is 1.05 bits per heavy atom. The van der Waals surface area contributed by atoms with Gasteiger partial charge in [-0.25, -0.2) is 9.36 Å². The van der Waals surface area contributed by atoms with E-state index in [1.54, 1.807) is 12.1 Å². The Hall–Kier alpha value is -1.16. The first-order valence-corrected chi connectivity index (χ1v) is 8.19. The van der Waals surface area contributed by atoms with Crippen molar-refractivity contribution in [1.29, 1.82) is 0 Å². The van der Waals surface area contributed by atoms with E-state index < -0.39 is 13.8 Å². The average Bonchev–Trinajstić information content (AvgIpc) is 2.23. The van der Waals surface area contributed by atoms with Gasteiger partial charge in [0.1, 0.15) is 0 Å². The molecule has 1 aromatic rings. The molecule has 0 bridgehead atoms. The topological polar surface area (TPSA) is 83.8 Å². The number of phosphoric ester groups is 1. The van der Waals surface area contributed by atoms with E-state index in [1.165, 1.54) is 0 Å². The third-order valence-corrected chi connectivity index (χ3v) is 3.52. The lowest BCUT2D eigenvalue weighted by Gasteiger charge is -2.26. The van der Waals surface area contributed by atoms with Crippen LogP contribution in [-0.4, -0.2) is 15.8 Å². The highest BCUT2D eigenvalue weighted by Gasteiger charge is 2.29. The van der Waals surface area contributed by atoms with Crippen LogP contribution < -0.4 is 0 Å². The van der Waals surface area contributed by atoms with Gasteiger partial charge in [-0.15, -0.1) is 0 Å². The molecule has 21 heavy (non-hydrogen) atoms. The number of carbonyl (C=O) groups excluding carboxylic acids is 1. The second-order valence-electron chi connectivity index (χ2n) is 7.13. The molecule has 5 nitrogen and oxygen atoms in total. The van der Waals surface area contributed by atoms with Crippen molar-refractivity contribution in [3.05, 3.63) is 34.9 Å². The third kappa shape index (κ3) is 4.95. The summed E-state index contributed by atoms with van der Waals surface area (Å²) in [7, 11) is -4.85. The molecule has 0 saturated heterocycles. The first kappa shape index (κ1) is 17.9. The fourth-order valence-corrected chi connectivity index (χ4v) is 2.28. The van der Waals surface area contributed by atoms with Crippen LogP contribution in [0.25, 0.3) is 0 Å². The molecule has 118 valence electrons. The lowest BCUT2D eigenvalue weighted by atomic mass is 9.78. The van der Waals surface area contributed by atoms with Gasteiger partial charge in [-0.2, -0.15) is 0 Å². The number of benzene rings is 1. The second-order valence-corrected chi connectivity index (χ2v) is 8.29. The highest BCUT2D eigenvalue weighted by Crippen LogP contribution is 2.39. The fourth-order valence-electron chi connectivity index (χ4n) is 1.97. The maximum Gasteiger partial charge on any atom is 0.527 e. The van der Waals surface area contributed by atoms with Crippen molar-refractivity contribution >= 4 is 13.8 Å². The first-order chi connectivity index (χ1) is 9.22. The van der Waals surface area contributed by atoms with Gasteiger partial charge < -0.3 is 4.52 Å². The van der Waals surface area contributed by atoms with Crippen molar-refractivity contribution in [3.63, 3.8) is 0 Å². The maximum absolute atomic E-state index is 12.0. The van der Waals surface area contributed by atoms with Crippen LogP contribution in [-0.2, 0) is 19.9 Å². The van der Waals surface area contributed by atoms with E-state index in [-0.39, 0.29) is 16.4 Å². The van der Waals surface area contributed by atoms with E-state index in [4.69, 9.17) is 9.79 Å². The summed E-state index contributed by atoms with van der Waals surface area (Å²) in [6.07, 6.45) is 0. The van der Waals surface area contributed by atoms with Crippen LogP contribution in [0.1, 0.15) is 63.0 Å². The first-order valence-electron chi connectivity index (χ1n) is 6.66. The van der Waals surface area contributed by atoms with E-state index >= 15 is 0 Å². The van der Waals surface area contributed by atoms with Gasteiger partial charge in [0.25, 0.3) is 0 Å². The summed E-state index contributed by atoms with van der Waals surface area (Å²) in [4.78, 5) is 29.6. The zero-order valence-corrected chi connectivity index (χ0v) is 14.2. The monoisotopic (exact) mass is 314 g/mol. The molecule has 0 aromatic heterocycles. The molecule has 0 spiro atoms. The molecule has 0 amide bonds. The van der Waals surface area contributed by atoms with Gasteiger partial charge in [-0.1, -0.05) is 53.7 Å². The van der Waals surface area contributed by atoms with E-state index in [9.17, 15) is 9.36 Å². The van der Waals surface area contributed by atoms with Gasteiger partial charge in [0.2, 0.25) is 0 Å². The predicted molar refractivity (Wildman–Crippen MR) is 81.3 cm³/mol. The number of carbonyl (C=O) groups is 1. The quantitative estimate of drug-likeness (QED) is 0.816. The van der Waals surface area contributed by atoms with Gasteiger partial charge in [0.05, 0.1) is 5.56 Å². The molecule has 0 heterocycles. The van der Waals surface area contributed by atoms with Gasteiger partial charge in [-0.3, -0.25) is 9.79 Å². The van der Waals surface area contributed by atoms with Crippen molar-refractivity contribution in [2.75, 3.05) is 0 Å². The minimum atomic E-state index is -4.85. The maximum atomic E-state index is 12.0. The molecule has 0 aliphatic heterocycles. The summed E-state index contributed by atoms with van der Waals surface area (Å²) in [6, 6.07) is 5.25. The van der Waals surface area contributed by atoms with Crippen LogP contribution in [0.2, 0.25) is 0 Å². The standard InChI is InChI=1S/C15H23O5P/c1-14(2,3)10-7-8-11(12(9-10)15(4,5)6)13(16)20-21(17,18)19/h7-9H,1-6H3,(H2,17,18,19). The Morgan fingerprint density at radius 2 is 1.57 bits per heavy atom. The van der Waals surface area contributed by atoms with Crippen molar-refractivity contribution in [1.82, 2.24) is 0 Å². The van der Waals surface area contributed by atoms with Crippen molar-refractivity contribution in [3.8, 4) is 0 Å². The Morgan fingerprint density at radius 3 is 1.95 bits per heavy atom. The highest BCUT2D eigenvalue weighted by molar-refractivity contribution is 7.46. The van der Waals surface area contributed by atoms with Crippen molar-refractivity contribution < 1.29 is 23.7 Å². The summed E-state index contributed by atoms with van der Waals surface area (Å²) in [5.74, 6) is -1.01. The SMILES string of the molecule is CC(C)(C)c1ccc(C(=O)OP(=O)(O)O)c(C(C)(C)C)c1. The molecule has 0 fully saturated rings. The molecule has 0 aliphatic rings. The lowest BCUT2D eigenvalue weighted by Crippen LogP contribution is -2.20. The molecule has 6 heteroatoms. The number of hydrogen-bond donors (Lipinski definition) is 2. The van der Waals surface area contributed by atoms with Crippen molar-refractivity contribution in [2.45, 2.75) is 52.4 Å². The summed E-state index contributed by atoms with van der Waals surface area (Å²) in [5, 5.41) is 0. The van der Waals surface area contributed by atoms with Crippen LogP contribution in [0.4, 0.5) is 0 Å². The van der Waals surface area contributed by atoms with Crippen LogP contribution in [0.15, 0.2) is 18.2 Å². The predicted octanol–water partition coefficient (Wildman–Crippen LogP) is 3.53. The minimum absolute atomic E-state index is 0.0916. The van der Waals surface area contributed by atoms with Gasteiger partial charge >= 0.3 is 13.8 Å². The van der Waals surface area contributed by atoms with Gasteiger partial charge in [0, 0.05) is 0 Å². The molecule has 0 aliphatic carbocycles. The second kappa shape index (κ2) is 5.56. The van der Waals surface area contributed by atoms with Crippen molar-refractivity contribution in [2.24, 2.45) is 0 Å². The Labute approximate surface area is 125 Å². The molecule has 0 saturated carbocycles. The molecule has 2 N–H and O–H groups in total. The summed E-state index contributed by atoms with van der Waals surface area (Å²) >= 11 is 0. The fraction of sp³-hybridized carbons (Fsp3) is 0.533. The smallest absolute Gasteiger partial charge is 0.367 e. The van der Waals surface area contributed by atoms with Crippen LogP contribution >= 0.6 is 7.82 Å². The van der Waals surface area contributed by atoms with Gasteiger partial charge in [-0.05, 0) is 28.0 Å². The number of hydrogen-bond acceptors (Lipinski definition) is 3. The van der Waals surface area contributed by atoms with E-state index in [0.29, 0.717) is 5.56 Å². The van der Waals surface area contributed by atoms with E-state index in [1.807, 2.05) is 26.8 Å². The van der Waals surface area contributed by atoms with Crippen LogP contribution in [0.3, 0.4) is 0 Å². The Balaban J connectivity index is 3.40. The largest absolute Gasteiger partial charge is 0.527 e. The molecule has 0 atom stereocenters. The number of phosphoric acid groups is 1. The molecule has 0 unspecified atom stereocenters. The third-order valence-electron chi connectivity index (χ3n) is 3.12. The normalized spacial score (nSPS) is 13.1. The minimum Gasteiger partial charge on any atom is -0.367 e. The average molecular weight is 314 g/mol. The molecule has 1 aromatic carbocycles. The zero-order chi connectivity index (χ0) is 16.6. The summed E-state index contributed by atoms with van der Waals surface area (Å²) in [6.45, 7) is 12.0. The summed E-state index contributed by atoms with van der Waals surface area (Å²) < 4.78 is 15.1. The van der Waals surface area contributed by atoms with Gasteiger partial charge in [0.15, 0.2) is 0 Å². The molecule has 0 radical (unpaired) electrons. The zero-order valence-electron chi connectivity index (χ0n) is 13.3.